The minimum atomic E-state index is -4.67. The molecule has 0 aliphatic rings. The van der Waals surface area contributed by atoms with Crippen LogP contribution in [0.4, 0.5) is 13.2 Å². The van der Waals surface area contributed by atoms with Gasteiger partial charge in [0.25, 0.3) is 0 Å². The minimum absolute atomic E-state index is 0.00880. The number of hydrogen-bond donors (Lipinski definition) is 2. The van der Waals surface area contributed by atoms with Crippen molar-refractivity contribution in [1.29, 1.82) is 0 Å². The van der Waals surface area contributed by atoms with Crippen LogP contribution in [0.15, 0.2) is 51.7 Å². The van der Waals surface area contributed by atoms with Crippen LogP contribution in [0.1, 0.15) is 5.56 Å². The van der Waals surface area contributed by atoms with E-state index in [1.807, 2.05) is 0 Å². The third-order valence-electron chi connectivity index (χ3n) is 4.02. The van der Waals surface area contributed by atoms with Crippen LogP contribution in [0.3, 0.4) is 0 Å². The monoisotopic (exact) mass is 427 g/mol. The van der Waals surface area contributed by atoms with E-state index in [1.165, 1.54) is 12.1 Å². The zero-order chi connectivity index (χ0) is 21.3. The van der Waals surface area contributed by atoms with Gasteiger partial charge in [0.1, 0.15) is 24.2 Å². The van der Waals surface area contributed by atoms with Crippen molar-refractivity contribution in [2.45, 2.75) is 12.2 Å². The molecule has 152 valence electrons. The number of fused-ring (bicyclic) bond motifs is 1. The molecular formula is C19H13ClF3NO5. The lowest BCUT2D eigenvalue weighted by Gasteiger charge is -2.16. The number of halogens is 4. The summed E-state index contributed by atoms with van der Waals surface area (Å²) < 4.78 is 50.1. The summed E-state index contributed by atoms with van der Waals surface area (Å²) in [5.74, 6) is -1.82. The molecule has 0 saturated heterocycles. The third-order valence-corrected chi connectivity index (χ3v) is 4.31. The molecule has 3 aromatic rings. The number of alkyl halides is 3. The molecule has 0 saturated carbocycles. The Balaban J connectivity index is 2.15. The Labute approximate surface area is 166 Å². The number of aliphatic carboxylic acids is 1. The van der Waals surface area contributed by atoms with Crippen molar-refractivity contribution < 1.29 is 32.2 Å². The first-order valence-electron chi connectivity index (χ1n) is 8.13. The number of ether oxygens (including phenoxy) is 1. The quantitative estimate of drug-likeness (QED) is 0.639. The van der Waals surface area contributed by atoms with E-state index < -0.39 is 35.8 Å². The Morgan fingerprint density at radius 3 is 2.62 bits per heavy atom. The van der Waals surface area contributed by atoms with Crippen LogP contribution >= 0.6 is 11.6 Å². The second kappa shape index (κ2) is 7.76. The molecule has 1 heterocycles. The summed E-state index contributed by atoms with van der Waals surface area (Å²) in [6, 6.07) is 6.70. The van der Waals surface area contributed by atoms with Gasteiger partial charge in [-0.25, -0.2) is 0 Å². The summed E-state index contributed by atoms with van der Waals surface area (Å²) in [5, 5.41) is 9.20. The van der Waals surface area contributed by atoms with Gasteiger partial charge >= 0.3 is 12.1 Å². The molecule has 0 fully saturated rings. The summed E-state index contributed by atoms with van der Waals surface area (Å²) in [7, 11) is 0. The van der Waals surface area contributed by atoms with E-state index in [1.54, 1.807) is 6.07 Å². The molecule has 10 heteroatoms. The van der Waals surface area contributed by atoms with Crippen molar-refractivity contribution in [2.24, 2.45) is 5.73 Å². The van der Waals surface area contributed by atoms with Crippen LogP contribution in [-0.4, -0.2) is 23.7 Å². The number of hydrogen-bond acceptors (Lipinski definition) is 5. The highest BCUT2D eigenvalue weighted by atomic mass is 35.5. The number of nitrogens with two attached hydrogens (primary N) is 1. The highest BCUT2D eigenvalue weighted by molar-refractivity contribution is 6.34. The van der Waals surface area contributed by atoms with Crippen molar-refractivity contribution >= 4 is 28.5 Å². The number of para-hydroxylation sites is 1. The fourth-order valence-electron chi connectivity index (χ4n) is 2.55. The van der Waals surface area contributed by atoms with Gasteiger partial charge in [0.15, 0.2) is 11.0 Å². The Morgan fingerprint density at radius 1 is 1.24 bits per heavy atom. The maximum Gasteiger partial charge on any atom is 0.416 e. The molecular weight excluding hydrogens is 415 g/mol. The van der Waals surface area contributed by atoms with E-state index in [0.29, 0.717) is 6.07 Å². The summed E-state index contributed by atoms with van der Waals surface area (Å²) in [6.45, 7) is -0.595. The molecule has 0 spiro atoms. The Morgan fingerprint density at radius 2 is 1.97 bits per heavy atom. The Bertz CT molecular complexity index is 1140. The minimum Gasteiger partial charge on any atom is -0.491 e. The second-order valence-corrected chi connectivity index (χ2v) is 6.46. The van der Waals surface area contributed by atoms with Crippen LogP contribution in [0.25, 0.3) is 22.3 Å². The van der Waals surface area contributed by atoms with Gasteiger partial charge in [0.05, 0.1) is 21.5 Å². The first kappa shape index (κ1) is 20.7. The van der Waals surface area contributed by atoms with Gasteiger partial charge in [0, 0.05) is 6.07 Å². The summed E-state index contributed by atoms with van der Waals surface area (Å²) in [4.78, 5) is 23.3. The van der Waals surface area contributed by atoms with E-state index in [9.17, 15) is 22.8 Å². The normalized spacial score (nSPS) is 12.7. The number of benzene rings is 2. The lowest BCUT2D eigenvalue weighted by atomic mass is 10.1. The fourth-order valence-corrected chi connectivity index (χ4v) is 2.76. The zero-order valence-electron chi connectivity index (χ0n) is 14.5. The van der Waals surface area contributed by atoms with Gasteiger partial charge < -0.3 is 20.0 Å². The second-order valence-electron chi connectivity index (χ2n) is 6.06. The average Bonchev–Trinajstić information content (AvgIpc) is 2.65. The van der Waals surface area contributed by atoms with E-state index in [2.05, 4.69) is 0 Å². The van der Waals surface area contributed by atoms with Gasteiger partial charge in [-0.2, -0.15) is 13.2 Å². The molecule has 0 aliphatic heterocycles. The van der Waals surface area contributed by atoms with Gasteiger partial charge in [0.2, 0.25) is 0 Å². The Hall–Kier alpha value is -3.04. The molecule has 0 unspecified atom stereocenters. The van der Waals surface area contributed by atoms with Crippen molar-refractivity contribution in [2.75, 3.05) is 6.61 Å². The topological polar surface area (TPSA) is 103 Å². The van der Waals surface area contributed by atoms with E-state index >= 15 is 0 Å². The lowest BCUT2D eigenvalue weighted by Crippen LogP contribution is -2.36. The molecule has 6 nitrogen and oxygen atoms in total. The van der Waals surface area contributed by atoms with Crippen LogP contribution in [0, 0.1) is 0 Å². The highest BCUT2D eigenvalue weighted by Gasteiger charge is 2.32. The first-order chi connectivity index (χ1) is 13.6. The van der Waals surface area contributed by atoms with Gasteiger partial charge in [-0.1, -0.05) is 17.7 Å². The number of carboxylic acids is 1. The van der Waals surface area contributed by atoms with Gasteiger partial charge in [-0.3, -0.25) is 9.59 Å². The van der Waals surface area contributed by atoms with Gasteiger partial charge in [-0.15, -0.1) is 0 Å². The average molecular weight is 428 g/mol. The first-order valence-corrected chi connectivity index (χ1v) is 8.51. The predicted molar refractivity (Wildman–Crippen MR) is 99.0 cm³/mol. The third kappa shape index (κ3) is 4.36. The van der Waals surface area contributed by atoms with E-state index in [4.69, 9.17) is 31.6 Å². The van der Waals surface area contributed by atoms with Crippen LogP contribution < -0.4 is 15.9 Å². The van der Waals surface area contributed by atoms with E-state index in [-0.39, 0.29) is 33.1 Å². The Kier molecular flexibility index (Phi) is 5.54. The SMILES string of the molecule is N[C@@H](COc1cc(C(F)(F)F)ccc1-c1cc(=O)c2cccc(Cl)c2o1)C(=O)O. The predicted octanol–water partition coefficient (Wildman–Crippen LogP) is 3.92. The smallest absolute Gasteiger partial charge is 0.416 e. The molecule has 1 aromatic heterocycles. The van der Waals surface area contributed by atoms with E-state index in [0.717, 1.165) is 18.2 Å². The van der Waals surface area contributed by atoms with Crippen molar-refractivity contribution in [3.05, 3.63) is 63.3 Å². The largest absolute Gasteiger partial charge is 0.491 e. The van der Waals surface area contributed by atoms with Crippen molar-refractivity contribution in [3.63, 3.8) is 0 Å². The van der Waals surface area contributed by atoms with Crippen molar-refractivity contribution in [1.82, 2.24) is 0 Å². The molecule has 1 atom stereocenters. The molecule has 0 bridgehead atoms. The summed E-state index contributed by atoms with van der Waals surface area (Å²) >= 11 is 6.06. The zero-order valence-corrected chi connectivity index (χ0v) is 15.3. The standard InChI is InChI=1S/C19H13ClF3NO5/c20-12-3-1-2-10-14(25)7-16(29-17(10)12)11-5-4-9(19(21,22)23)6-15(11)28-8-13(24)18(26)27/h1-7,13H,8,24H2,(H,26,27)/t13-/m0/s1. The molecule has 29 heavy (non-hydrogen) atoms. The number of rotatable bonds is 5. The fraction of sp³-hybridized carbons (Fsp3) is 0.158. The highest BCUT2D eigenvalue weighted by Crippen LogP contribution is 2.38. The maximum atomic E-state index is 13.1. The molecule has 0 aliphatic carbocycles. The van der Waals surface area contributed by atoms with Crippen LogP contribution in [-0.2, 0) is 11.0 Å². The van der Waals surface area contributed by atoms with Gasteiger partial charge in [-0.05, 0) is 30.3 Å². The summed E-state index contributed by atoms with van der Waals surface area (Å²) in [6.07, 6.45) is -4.67. The molecule has 3 rings (SSSR count). The van der Waals surface area contributed by atoms with Crippen LogP contribution in [0.2, 0.25) is 5.02 Å². The van der Waals surface area contributed by atoms with Crippen molar-refractivity contribution in [3.8, 4) is 17.1 Å². The molecule has 2 aromatic carbocycles. The number of carbonyl (C=O) groups is 1. The summed E-state index contributed by atoms with van der Waals surface area (Å²) in [5.41, 5.74) is 3.94. The number of carboxylic acid groups (broad SMARTS) is 1. The lowest BCUT2D eigenvalue weighted by molar-refractivity contribution is -0.140. The maximum absolute atomic E-state index is 13.1. The van der Waals surface area contributed by atoms with Crippen LogP contribution in [0.5, 0.6) is 5.75 Å². The molecule has 0 radical (unpaired) electrons. The molecule has 0 amide bonds. The molecule has 3 N–H and O–H groups in total.